The topological polar surface area (TPSA) is 55.8 Å². The molecule has 0 aromatic rings. The molecule has 5 heteroatoms. The Kier molecular flexibility index (Phi) is 22.9. The highest BCUT2D eigenvalue weighted by Crippen LogP contribution is 2.24. The lowest BCUT2D eigenvalue weighted by molar-refractivity contribution is -0.158. The molecule has 1 unspecified atom stereocenters. The van der Waals surface area contributed by atoms with Crippen LogP contribution in [0.2, 0.25) is 0 Å². The molecule has 0 aromatic heterocycles. The molecule has 0 saturated carbocycles. The van der Waals surface area contributed by atoms with Gasteiger partial charge in [-0.25, -0.2) is 0 Å². The molecule has 0 fully saturated rings. The fourth-order valence-corrected chi connectivity index (χ4v) is 4.33. The Bertz CT molecular complexity index is 469. The van der Waals surface area contributed by atoms with Gasteiger partial charge in [0.05, 0.1) is 0 Å². The van der Waals surface area contributed by atoms with E-state index in [-0.39, 0.29) is 24.6 Å². The van der Waals surface area contributed by atoms with Gasteiger partial charge in [0.2, 0.25) is 0 Å². The lowest BCUT2D eigenvalue weighted by atomic mass is 9.90. The summed E-state index contributed by atoms with van der Waals surface area (Å²) < 4.78 is 10.7. The van der Waals surface area contributed by atoms with E-state index in [0.29, 0.717) is 12.8 Å². The van der Waals surface area contributed by atoms with Crippen molar-refractivity contribution in [2.24, 2.45) is 5.92 Å². The van der Waals surface area contributed by atoms with Gasteiger partial charge in [-0.3, -0.25) is 9.59 Å². The Morgan fingerprint density at radius 3 is 1.74 bits per heavy atom. The van der Waals surface area contributed by atoms with Crippen LogP contribution >= 0.6 is 0 Å². The molecule has 202 valence electrons. The molecule has 0 rings (SSSR count). The van der Waals surface area contributed by atoms with E-state index in [2.05, 4.69) is 32.8 Å². The molecule has 0 saturated heterocycles. The summed E-state index contributed by atoms with van der Waals surface area (Å²) in [7, 11) is 4.11. The van der Waals surface area contributed by atoms with Gasteiger partial charge in [-0.1, -0.05) is 97.3 Å². The van der Waals surface area contributed by atoms with Crippen LogP contribution in [-0.2, 0) is 19.1 Å². The summed E-state index contributed by atoms with van der Waals surface area (Å²) in [6.45, 7) is 7.52. The number of carbonyl (C=O) groups is 2. The quantitative estimate of drug-likeness (QED) is 0.104. The van der Waals surface area contributed by atoms with Crippen molar-refractivity contribution in [3.63, 3.8) is 0 Å². The summed E-state index contributed by atoms with van der Waals surface area (Å²) in [5.74, 6) is 0.443. The zero-order valence-corrected chi connectivity index (χ0v) is 23.4. The summed E-state index contributed by atoms with van der Waals surface area (Å²) in [5.41, 5.74) is 0. The van der Waals surface area contributed by atoms with Gasteiger partial charge in [0.25, 0.3) is 0 Å². The van der Waals surface area contributed by atoms with E-state index in [4.69, 9.17) is 9.47 Å². The number of hydrogen-bond donors (Lipinski definition) is 0. The zero-order chi connectivity index (χ0) is 25.4. The van der Waals surface area contributed by atoms with Gasteiger partial charge in [-0.15, -0.1) is 0 Å². The van der Waals surface area contributed by atoms with E-state index in [1.54, 1.807) is 6.92 Å². The zero-order valence-electron chi connectivity index (χ0n) is 23.4. The van der Waals surface area contributed by atoms with Crippen molar-refractivity contribution in [2.45, 2.75) is 142 Å². The van der Waals surface area contributed by atoms with Crippen molar-refractivity contribution in [3.8, 4) is 0 Å². The van der Waals surface area contributed by atoms with Crippen LogP contribution in [0.4, 0.5) is 0 Å². The minimum atomic E-state index is -0.381. The fraction of sp³-hybridized carbons (Fsp3) is 0.931. The lowest BCUT2D eigenvalue weighted by Gasteiger charge is -2.17. The first-order valence-corrected chi connectivity index (χ1v) is 14.4. The third kappa shape index (κ3) is 22.7. The largest absolute Gasteiger partial charge is 0.462 e. The average molecular weight is 484 g/mol. The van der Waals surface area contributed by atoms with Crippen molar-refractivity contribution in [2.75, 3.05) is 27.2 Å². The van der Waals surface area contributed by atoms with E-state index >= 15 is 0 Å². The number of nitrogens with zero attached hydrogens (tertiary/aromatic N) is 1. The van der Waals surface area contributed by atoms with Crippen LogP contribution < -0.4 is 0 Å². The van der Waals surface area contributed by atoms with E-state index in [1.165, 1.54) is 70.6 Å². The summed E-state index contributed by atoms with van der Waals surface area (Å²) >= 11 is 0. The van der Waals surface area contributed by atoms with E-state index in [0.717, 1.165) is 44.6 Å². The Morgan fingerprint density at radius 1 is 0.676 bits per heavy atom. The molecule has 0 bridgehead atoms. The predicted octanol–water partition coefficient (Wildman–Crippen LogP) is 7.70. The van der Waals surface area contributed by atoms with Crippen LogP contribution in [-0.4, -0.2) is 50.2 Å². The van der Waals surface area contributed by atoms with Gasteiger partial charge in [0, 0.05) is 12.8 Å². The van der Waals surface area contributed by atoms with Crippen molar-refractivity contribution >= 4 is 11.9 Å². The number of esters is 2. The summed E-state index contributed by atoms with van der Waals surface area (Å²) in [4.78, 5) is 26.2. The van der Waals surface area contributed by atoms with Gasteiger partial charge in [-0.2, -0.15) is 0 Å². The third-order valence-corrected chi connectivity index (χ3v) is 6.47. The summed E-state index contributed by atoms with van der Waals surface area (Å²) in [6, 6.07) is 0. The molecule has 0 aliphatic heterocycles. The number of unbranched alkanes of at least 4 members (excludes halogenated alkanes) is 9. The van der Waals surface area contributed by atoms with E-state index in [1.807, 2.05) is 0 Å². The van der Waals surface area contributed by atoms with Crippen LogP contribution in [0.25, 0.3) is 0 Å². The maximum absolute atomic E-state index is 12.1. The van der Waals surface area contributed by atoms with E-state index < -0.39 is 0 Å². The minimum Gasteiger partial charge on any atom is -0.462 e. The van der Waals surface area contributed by atoms with Crippen LogP contribution in [0.5, 0.6) is 0 Å². The predicted molar refractivity (Wildman–Crippen MR) is 143 cm³/mol. The van der Waals surface area contributed by atoms with Gasteiger partial charge in [0.1, 0.15) is 12.7 Å². The second-order valence-corrected chi connectivity index (χ2v) is 10.4. The molecule has 0 N–H and O–H groups in total. The molecular weight excluding hydrogens is 426 g/mol. The van der Waals surface area contributed by atoms with Crippen LogP contribution in [0, 0.1) is 5.92 Å². The summed E-state index contributed by atoms with van der Waals surface area (Å²) in [6.07, 6.45) is 20.1. The first-order chi connectivity index (χ1) is 16.4. The molecule has 1 atom stereocenters. The Morgan fingerprint density at radius 2 is 1.18 bits per heavy atom. The van der Waals surface area contributed by atoms with Crippen molar-refractivity contribution in [1.82, 2.24) is 4.90 Å². The minimum absolute atomic E-state index is 0.155. The van der Waals surface area contributed by atoms with Gasteiger partial charge in [0.15, 0.2) is 0 Å². The third-order valence-electron chi connectivity index (χ3n) is 6.47. The highest BCUT2D eigenvalue weighted by molar-refractivity contribution is 5.70. The Hall–Kier alpha value is -1.10. The molecule has 0 aliphatic rings. The number of hydrogen-bond acceptors (Lipinski definition) is 5. The molecule has 0 amide bonds. The maximum Gasteiger partial charge on any atom is 0.306 e. The van der Waals surface area contributed by atoms with E-state index in [9.17, 15) is 9.59 Å². The molecule has 0 spiro atoms. The highest BCUT2D eigenvalue weighted by Gasteiger charge is 2.13. The molecular formula is C29H57NO4. The first kappa shape index (κ1) is 32.9. The maximum atomic E-state index is 12.1. The normalized spacial score (nSPS) is 12.3. The van der Waals surface area contributed by atoms with Crippen LogP contribution in [0.1, 0.15) is 136 Å². The SMILES string of the molecule is CCCCCCC(CCCCCC)CCCCC(=O)OCC(C)OC(=O)CCCCCN(C)C. The standard InChI is InChI=1S/C29H57NO4/c1-6-8-10-13-19-27(20-14-11-9-7-2)21-16-17-22-28(31)33-25-26(3)34-29(32)23-15-12-18-24-30(4)5/h26-27H,6-25H2,1-5H3. The van der Waals surface area contributed by atoms with Crippen LogP contribution in [0.15, 0.2) is 0 Å². The Labute approximate surface area is 211 Å². The fourth-order valence-electron chi connectivity index (χ4n) is 4.33. The second-order valence-electron chi connectivity index (χ2n) is 10.4. The monoisotopic (exact) mass is 483 g/mol. The second kappa shape index (κ2) is 23.6. The van der Waals surface area contributed by atoms with Crippen molar-refractivity contribution in [3.05, 3.63) is 0 Å². The number of carbonyl (C=O) groups excluding carboxylic acids is 2. The molecule has 0 aliphatic carbocycles. The smallest absolute Gasteiger partial charge is 0.306 e. The highest BCUT2D eigenvalue weighted by atomic mass is 16.6. The van der Waals surface area contributed by atoms with Crippen LogP contribution in [0.3, 0.4) is 0 Å². The molecule has 0 heterocycles. The number of rotatable bonds is 24. The molecule has 0 radical (unpaired) electrons. The van der Waals surface area contributed by atoms with Gasteiger partial charge >= 0.3 is 11.9 Å². The van der Waals surface area contributed by atoms with Gasteiger partial charge in [-0.05, 0) is 52.7 Å². The summed E-state index contributed by atoms with van der Waals surface area (Å²) in [5, 5.41) is 0. The molecule has 34 heavy (non-hydrogen) atoms. The molecule has 0 aromatic carbocycles. The van der Waals surface area contributed by atoms with Crippen molar-refractivity contribution < 1.29 is 19.1 Å². The Balaban J connectivity index is 3.93. The average Bonchev–Trinajstić information content (AvgIpc) is 2.79. The first-order valence-electron chi connectivity index (χ1n) is 14.4. The molecule has 5 nitrogen and oxygen atoms in total. The lowest BCUT2D eigenvalue weighted by Crippen LogP contribution is -2.22. The van der Waals surface area contributed by atoms with Crippen molar-refractivity contribution in [1.29, 1.82) is 0 Å². The van der Waals surface area contributed by atoms with Gasteiger partial charge < -0.3 is 14.4 Å². The number of ether oxygens (including phenoxy) is 2.